The quantitative estimate of drug-likeness (QED) is 0.899. The van der Waals surface area contributed by atoms with Gasteiger partial charge in [0.05, 0.1) is 5.69 Å². The highest BCUT2D eigenvalue weighted by molar-refractivity contribution is 6.03. The molecule has 2 rings (SSSR count). The highest BCUT2D eigenvalue weighted by Gasteiger charge is 2.21. The van der Waals surface area contributed by atoms with Crippen molar-refractivity contribution in [3.05, 3.63) is 47.8 Å². The number of benzene rings is 1. The molecule has 2 aromatic rings. The van der Waals surface area contributed by atoms with Gasteiger partial charge in [0.1, 0.15) is 5.69 Å². The number of para-hydroxylation sites is 1. The first-order valence-electron chi connectivity index (χ1n) is 6.29. The number of hydrogen-bond acceptors (Lipinski definition) is 2. The maximum absolute atomic E-state index is 12.2. The van der Waals surface area contributed by atoms with E-state index in [-0.39, 0.29) is 11.3 Å². The van der Waals surface area contributed by atoms with Crippen molar-refractivity contribution in [3.8, 4) is 0 Å². The molecule has 0 fully saturated rings. The number of rotatable bonds is 2. The van der Waals surface area contributed by atoms with Crippen LogP contribution in [0.25, 0.3) is 0 Å². The largest absolute Gasteiger partial charge is 0.321 e. The molecule has 0 aliphatic heterocycles. The van der Waals surface area contributed by atoms with Crippen molar-refractivity contribution < 1.29 is 4.79 Å². The molecule has 0 saturated carbocycles. The summed E-state index contributed by atoms with van der Waals surface area (Å²) in [6.45, 7) is 6.23. The Morgan fingerprint density at radius 3 is 2.37 bits per heavy atom. The Kier molecular flexibility index (Phi) is 3.42. The lowest BCUT2D eigenvalue weighted by Crippen LogP contribution is -2.15. The Hall–Kier alpha value is -2.10. The van der Waals surface area contributed by atoms with Crippen LogP contribution in [0.1, 0.15) is 37.0 Å². The van der Waals surface area contributed by atoms with Gasteiger partial charge in [0.2, 0.25) is 0 Å². The number of aryl methyl sites for hydroxylation is 1. The SMILES string of the molecule is Cn1nc(C(C)(C)C)cc1C(=O)Nc1ccccc1. The second-order valence-electron chi connectivity index (χ2n) is 5.61. The fourth-order valence-corrected chi connectivity index (χ4v) is 1.76. The molecule has 0 unspecified atom stereocenters. The average Bonchev–Trinajstić information content (AvgIpc) is 2.72. The molecule has 4 heteroatoms. The molecule has 4 nitrogen and oxygen atoms in total. The zero-order valence-corrected chi connectivity index (χ0v) is 11.8. The normalized spacial score (nSPS) is 11.4. The van der Waals surface area contributed by atoms with Gasteiger partial charge in [0.25, 0.3) is 5.91 Å². The van der Waals surface area contributed by atoms with Crippen LogP contribution >= 0.6 is 0 Å². The molecule has 1 aromatic carbocycles. The van der Waals surface area contributed by atoms with E-state index in [1.54, 1.807) is 11.7 Å². The van der Waals surface area contributed by atoms with E-state index in [0.29, 0.717) is 5.69 Å². The van der Waals surface area contributed by atoms with E-state index in [9.17, 15) is 4.79 Å². The van der Waals surface area contributed by atoms with Crippen LogP contribution in [-0.4, -0.2) is 15.7 Å². The number of amides is 1. The van der Waals surface area contributed by atoms with Crippen LogP contribution in [0.3, 0.4) is 0 Å². The number of anilines is 1. The predicted molar refractivity (Wildman–Crippen MR) is 76.3 cm³/mol. The molecule has 0 atom stereocenters. The van der Waals surface area contributed by atoms with Gasteiger partial charge in [-0.15, -0.1) is 0 Å². The molecule has 1 N–H and O–H groups in total. The number of nitrogens with zero attached hydrogens (tertiary/aromatic N) is 2. The third-order valence-corrected chi connectivity index (χ3v) is 2.91. The summed E-state index contributed by atoms with van der Waals surface area (Å²) in [5, 5.41) is 7.26. The van der Waals surface area contributed by atoms with Crippen LogP contribution < -0.4 is 5.32 Å². The Bertz CT molecular complexity index is 579. The topological polar surface area (TPSA) is 46.9 Å². The van der Waals surface area contributed by atoms with Crippen LogP contribution in [0.15, 0.2) is 36.4 Å². The monoisotopic (exact) mass is 257 g/mol. The van der Waals surface area contributed by atoms with Crippen molar-refractivity contribution in [2.75, 3.05) is 5.32 Å². The summed E-state index contributed by atoms with van der Waals surface area (Å²) in [6.07, 6.45) is 0. The molecule has 0 radical (unpaired) electrons. The second-order valence-corrected chi connectivity index (χ2v) is 5.61. The van der Waals surface area contributed by atoms with E-state index < -0.39 is 0 Å². The minimum atomic E-state index is -0.142. The molecule has 0 saturated heterocycles. The Morgan fingerprint density at radius 1 is 1.21 bits per heavy atom. The van der Waals surface area contributed by atoms with Gasteiger partial charge in [-0.2, -0.15) is 5.10 Å². The lowest BCUT2D eigenvalue weighted by Gasteiger charge is -2.13. The van der Waals surface area contributed by atoms with Crippen molar-refractivity contribution in [1.82, 2.24) is 9.78 Å². The van der Waals surface area contributed by atoms with Crippen molar-refractivity contribution in [1.29, 1.82) is 0 Å². The molecule has 0 bridgehead atoms. The minimum absolute atomic E-state index is 0.0664. The smallest absolute Gasteiger partial charge is 0.273 e. The molecule has 0 aliphatic carbocycles. The van der Waals surface area contributed by atoms with Gasteiger partial charge < -0.3 is 5.32 Å². The first-order chi connectivity index (χ1) is 8.88. The summed E-state index contributed by atoms with van der Waals surface area (Å²) in [4.78, 5) is 12.2. The van der Waals surface area contributed by atoms with Gasteiger partial charge in [-0.3, -0.25) is 9.48 Å². The Labute approximate surface area is 113 Å². The molecule has 1 heterocycles. The molecular weight excluding hydrogens is 238 g/mol. The van der Waals surface area contributed by atoms with Crippen molar-refractivity contribution in [3.63, 3.8) is 0 Å². The van der Waals surface area contributed by atoms with Crippen LogP contribution in [0.4, 0.5) is 5.69 Å². The standard InChI is InChI=1S/C15H19N3O/c1-15(2,3)13-10-12(18(4)17-13)14(19)16-11-8-6-5-7-9-11/h5-10H,1-4H3,(H,16,19). The molecular formula is C15H19N3O. The van der Waals surface area contributed by atoms with E-state index in [1.165, 1.54) is 0 Å². The zero-order chi connectivity index (χ0) is 14.0. The molecule has 0 spiro atoms. The number of nitrogens with one attached hydrogen (secondary N) is 1. The highest BCUT2D eigenvalue weighted by atomic mass is 16.2. The van der Waals surface area contributed by atoms with E-state index in [4.69, 9.17) is 0 Å². The van der Waals surface area contributed by atoms with Crippen LogP contribution in [-0.2, 0) is 12.5 Å². The fraction of sp³-hybridized carbons (Fsp3) is 0.333. The minimum Gasteiger partial charge on any atom is -0.321 e. The van der Waals surface area contributed by atoms with E-state index >= 15 is 0 Å². The molecule has 0 aliphatic rings. The second kappa shape index (κ2) is 4.88. The summed E-state index contributed by atoms with van der Waals surface area (Å²) in [7, 11) is 1.79. The van der Waals surface area contributed by atoms with Gasteiger partial charge in [-0.25, -0.2) is 0 Å². The number of aromatic nitrogens is 2. The molecule has 100 valence electrons. The third kappa shape index (κ3) is 3.02. The summed E-state index contributed by atoms with van der Waals surface area (Å²) < 4.78 is 1.62. The van der Waals surface area contributed by atoms with Gasteiger partial charge in [0.15, 0.2) is 0 Å². The lowest BCUT2D eigenvalue weighted by molar-refractivity contribution is 0.101. The Morgan fingerprint density at radius 2 is 1.84 bits per heavy atom. The summed E-state index contributed by atoms with van der Waals surface area (Å²) in [5.74, 6) is -0.142. The molecule has 19 heavy (non-hydrogen) atoms. The number of carbonyl (C=O) groups is 1. The van der Waals surface area contributed by atoms with Gasteiger partial charge in [0, 0.05) is 18.2 Å². The van der Waals surface area contributed by atoms with E-state index in [1.807, 2.05) is 36.4 Å². The van der Waals surface area contributed by atoms with Gasteiger partial charge in [-0.1, -0.05) is 39.0 Å². The number of carbonyl (C=O) groups excluding carboxylic acids is 1. The molecule has 1 aromatic heterocycles. The van der Waals surface area contributed by atoms with Gasteiger partial charge in [-0.05, 0) is 18.2 Å². The van der Waals surface area contributed by atoms with Crippen LogP contribution in [0.2, 0.25) is 0 Å². The Balaban J connectivity index is 2.23. The van der Waals surface area contributed by atoms with Crippen LogP contribution in [0, 0.1) is 0 Å². The first-order valence-corrected chi connectivity index (χ1v) is 6.29. The van der Waals surface area contributed by atoms with E-state index in [2.05, 4.69) is 31.2 Å². The van der Waals surface area contributed by atoms with Crippen molar-refractivity contribution >= 4 is 11.6 Å². The first kappa shape index (κ1) is 13.3. The van der Waals surface area contributed by atoms with Crippen molar-refractivity contribution in [2.24, 2.45) is 7.05 Å². The molecule has 1 amide bonds. The maximum atomic E-state index is 12.2. The summed E-state index contributed by atoms with van der Waals surface area (Å²) in [5.41, 5.74) is 2.19. The van der Waals surface area contributed by atoms with Gasteiger partial charge >= 0.3 is 0 Å². The van der Waals surface area contributed by atoms with Crippen LogP contribution in [0.5, 0.6) is 0 Å². The van der Waals surface area contributed by atoms with Crippen molar-refractivity contribution in [2.45, 2.75) is 26.2 Å². The summed E-state index contributed by atoms with van der Waals surface area (Å²) in [6, 6.07) is 11.3. The zero-order valence-electron chi connectivity index (χ0n) is 11.8. The summed E-state index contributed by atoms with van der Waals surface area (Å²) >= 11 is 0. The highest BCUT2D eigenvalue weighted by Crippen LogP contribution is 2.21. The average molecular weight is 257 g/mol. The van der Waals surface area contributed by atoms with E-state index in [0.717, 1.165) is 11.4 Å². The number of hydrogen-bond donors (Lipinski definition) is 1. The maximum Gasteiger partial charge on any atom is 0.273 e. The third-order valence-electron chi connectivity index (χ3n) is 2.91. The fourth-order valence-electron chi connectivity index (χ4n) is 1.76. The lowest BCUT2D eigenvalue weighted by atomic mass is 9.92. The predicted octanol–water partition coefficient (Wildman–Crippen LogP) is 2.97.